The number of carboxylic acids is 1. The first-order valence-electron chi connectivity index (χ1n) is 9.69. The van der Waals surface area contributed by atoms with E-state index in [4.69, 9.17) is 5.11 Å². The fraction of sp³-hybridized carbons (Fsp3) is 0.545. The molecule has 0 heterocycles. The maximum absolute atomic E-state index is 12.1. The molecule has 27 heavy (non-hydrogen) atoms. The number of hydrogen-bond acceptors (Lipinski definition) is 4. The van der Waals surface area contributed by atoms with E-state index in [1.807, 2.05) is 18.2 Å². The third-order valence-corrected chi connectivity index (χ3v) is 4.59. The fourth-order valence-electron chi connectivity index (χ4n) is 3.10. The Morgan fingerprint density at radius 1 is 1.19 bits per heavy atom. The summed E-state index contributed by atoms with van der Waals surface area (Å²) in [6.07, 6.45) is 17.1. The third kappa shape index (κ3) is 9.50. The van der Waals surface area contributed by atoms with Gasteiger partial charge in [-0.15, -0.1) is 0 Å². The SMILES string of the molecule is CC/C=C\C/C=C\C[C@@H](O)/C=C/[C@@H]1[C@@H](O)CC(=O)[C@@H]1C/C=C\CCC(=O)O. The summed E-state index contributed by atoms with van der Waals surface area (Å²) in [4.78, 5) is 22.6. The molecule has 0 unspecified atom stereocenters. The van der Waals surface area contributed by atoms with Crippen molar-refractivity contribution in [1.29, 1.82) is 0 Å². The van der Waals surface area contributed by atoms with Crippen LogP contribution < -0.4 is 0 Å². The number of aliphatic carboxylic acids is 1. The Labute approximate surface area is 161 Å². The van der Waals surface area contributed by atoms with Crippen LogP contribution in [0, 0.1) is 11.8 Å². The summed E-state index contributed by atoms with van der Waals surface area (Å²) in [5, 5.41) is 28.8. The van der Waals surface area contributed by atoms with Crippen LogP contribution in [-0.2, 0) is 9.59 Å². The van der Waals surface area contributed by atoms with Crippen LogP contribution in [0.15, 0.2) is 48.6 Å². The van der Waals surface area contributed by atoms with Crippen molar-refractivity contribution < 1.29 is 24.9 Å². The van der Waals surface area contributed by atoms with Crippen molar-refractivity contribution in [2.75, 3.05) is 0 Å². The second kappa shape index (κ2) is 13.2. The van der Waals surface area contributed by atoms with E-state index in [-0.39, 0.29) is 30.5 Å². The number of aliphatic hydroxyl groups is 2. The molecule has 0 aliphatic heterocycles. The highest BCUT2D eigenvalue weighted by Gasteiger charge is 2.39. The van der Waals surface area contributed by atoms with Gasteiger partial charge in [0.1, 0.15) is 5.78 Å². The summed E-state index contributed by atoms with van der Waals surface area (Å²) in [6, 6.07) is 0. The van der Waals surface area contributed by atoms with Gasteiger partial charge in [0.25, 0.3) is 0 Å². The minimum absolute atomic E-state index is 0.0112. The zero-order valence-corrected chi connectivity index (χ0v) is 16.0. The van der Waals surface area contributed by atoms with Gasteiger partial charge in [-0.1, -0.05) is 55.5 Å². The zero-order valence-electron chi connectivity index (χ0n) is 16.0. The molecule has 0 radical (unpaired) electrons. The van der Waals surface area contributed by atoms with Crippen LogP contribution in [0.3, 0.4) is 0 Å². The van der Waals surface area contributed by atoms with Gasteiger partial charge >= 0.3 is 5.97 Å². The highest BCUT2D eigenvalue weighted by molar-refractivity contribution is 5.84. The van der Waals surface area contributed by atoms with Gasteiger partial charge in [0.05, 0.1) is 12.2 Å². The topological polar surface area (TPSA) is 94.8 Å². The predicted octanol–water partition coefficient (Wildman–Crippen LogP) is 3.58. The Hall–Kier alpha value is -1.98. The van der Waals surface area contributed by atoms with Crippen molar-refractivity contribution in [3.05, 3.63) is 48.6 Å². The van der Waals surface area contributed by atoms with Crippen molar-refractivity contribution >= 4 is 11.8 Å². The molecule has 1 aliphatic carbocycles. The van der Waals surface area contributed by atoms with Crippen LogP contribution in [0.5, 0.6) is 0 Å². The number of aliphatic hydroxyl groups excluding tert-OH is 2. The first kappa shape index (κ1) is 23.1. The number of allylic oxidation sites excluding steroid dienone is 5. The highest BCUT2D eigenvalue weighted by atomic mass is 16.4. The van der Waals surface area contributed by atoms with Crippen LogP contribution >= 0.6 is 0 Å². The van der Waals surface area contributed by atoms with Gasteiger partial charge in [0.2, 0.25) is 0 Å². The van der Waals surface area contributed by atoms with Gasteiger partial charge in [-0.2, -0.15) is 0 Å². The molecule has 3 N–H and O–H groups in total. The molecule has 1 rings (SSSR count). The molecule has 1 aliphatic rings. The van der Waals surface area contributed by atoms with E-state index >= 15 is 0 Å². The molecular formula is C22H32O5. The standard InChI is InChI=1S/C22H32O5/c1-2-3-4-5-6-8-11-17(23)14-15-19-18(20(24)16-21(19)25)12-9-7-10-13-22(26)27/h3-4,6-9,14-15,17-19,21,23,25H,2,5,10-13,16H2,1H3,(H,26,27)/b4-3-,8-6-,9-7-,15-14+/t17-,18-,19+,21+/m1/s1. The maximum Gasteiger partial charge on any atom is 0.303 e. The lowest BCUT2D eigenvalue weighted by molar-refractivity contribution is -0.136. The van der Waals surface area contributed by atoms with E-state index < -0.39 is 18.2 Å². The van der Waals surface area contributed by atoms with E-state index in [2.05, 4.69) is 19.1 Å². The second-order valence-corrected chi connectivity index (χ2v) is 6.84. The van der Waals surface area contributed by atoms with Gasteiger partial charge in [-0.05, 0) is 32.1 Å². The summed E-state index contributed by atoms with van der Waals surface area (Å²) < 4.78 is 0. The maximum atomic E-state index is 12.1. The van der Waals surface area contributed by atoms with Gasteiger partial charge in [-0.25, -0.2) is 0 Å². The van der Waals surface area contributed by atoms with Gasteiger partial charge in [0.15, 0.2) is 0 Å². The number of carbonyl (C=O) groups excluding carboxylic acids is 1. The molecular weight excluding hydrogens is 344 g/mol. The van der Waals surface area contributed by atoms with Crippen molar-refractivity contribution in [1.82, 2.24) is 0 Å². The molecule has 1 fully saturated rings. The van der Waals surface area contributed by atoms with Crippen LogP contribution in [-0.4, -0.2) is 39.3 Å². The Balaban J connectivity index is 2.50. The van der Waals surface area contributed by atoms with E-state index in [1.165, 1.54) is 0 Å². The normalized spacial score (nSPS) is 24.9. The Kier molecular flexibility index (Phi) is 11.3. The van der Waals surface area contributed by atoms with Crippen LogP contribution in [0.1, 0.15) is 51.9 Å². The molecule has 0 saturated heterocycles. The largest absolute Gasteiger partial charge is 0.481 e. The quantitative estimate of drug-likeness (QED) is 0.453. The second-order valence-electron chi connectivity index (χ2n) is 6.84. The number of ketones is 1. The summed E-state index contributed by atoms with van der Waals surface area (Å²) >= 11 is 0. The smallest absolute Gasteiger partial charge is 0.303 e. The van der Waals surface area contributed by atoms with E-state index in [0.29, 0.717) is 19.3 Å². The van der Waals surface area contributed by atoms with E-state index in [9.17, 15) is 19.8 Å². The third-order valence-electron chi connectivity index (χ3n) is 4.59. The average molecular weight is 376 g/mol. The summed E-state index contributed by atoms with van der Waals surface area (Å²) in [6.45, 7) is 2.08. The molecule has 0 aromatic heterocycles. The van der Waals surface area contributed by atoms with Crippen molar-refractivity contribution in [2.45, 2.75) is 64.1 Å². The molecule has 0 amide bonds. The monoisotopic (exact) mass is 376 g/mol. The number of Topliss-reactive ketones (excluding diaryl/α,β-unsaturated/α-hetero) is 1. The summed E-state index contributed by atoms with van der Waals surface area (Å²) in [5.41, 5.74) is 0. The molecule has 0 aromatic rings. The molecule has 5 nitrogen and oxygen atoms in total. The average Bonchev–Trinajstić information content (AvgIpc) is 2.88. The number of rotatable bonds is 12. The van der Waals surface area contributed by atoms with Gasteiger partial charge in [0, 0.05) is 24.7 Å². The van der Waals surface area contributed by atoms with Crippen molar-refractivity contribution in [2.24, 2.45) is 11.8 Å². The lowest BCUT2D eigenvalue weighted by atomic mass is 9.90. The zero-order chi connectivity index (χ0) is 20.1. The van der Waals surface area contributed by atoms with Crippen LogP contribution in [0.4, 0.5) is 0 Å². The minimum Gasteiger partial charge on any atom is -0.481 e. The fourth-order valence-corrected chi connectivity index (χ4v) is 3.10. The van der Waals surface area contributed by atoms with Crippen LogP contribution in [0.2, 0.25) is 0 Å². The Bertz CT molecular complexity index is 573. The molecule has 1 saturated carbocycles. The summed E-state index contributed by atoms with van der Waals surface area (Å²) in [7, 11) is 0. The Morgan fingerprint density at radius 3 is 2.63 bits per heavy atom. The van der Waals surface area contributed by atoms with E-state index in [1.54, 1.807) is 18.2 Å². The molecule has 4 atom stereocenters. The first-order valence-corrected chi connectivity index (χ1v) is 9.69. The molecule has 150 valence electrons. The number of hydrogen-bond donors (Lipinski definition) is 3. The summed E-state index contributed by atoms with van der Waals surface area (Å²) in [5.74, 6) is -1.47. The van der Waals surface area contributed by atoms with Crippen molar-refractivity contribution in [3.8, 4) is 0 Å². The molecule has 0 aromatic carbocycles. The lowest BCUT2D eigenvalue weighted by Gasteiger charge is -2.16. The van der Waals surface area contributed by atoms with Crippen LogP contribution in [0.25, 0.3) is 0 Å². The highest BCUT2D eigenvalue weighted by Crippen LogP contribution is 2.33. The molecule has 0 spiro atoms. The lowest BCUT2D eigenvalue weighted by Crippen LogP contribution is -2.18. The Morgan fingerprint density at radius 2 is 1.93 bits per heavy atom. The molecule has 5 heteroatoms. The first-order chi connectivity index (χ1) is 13.0. The van der Waals surface area contributed by atoms with Gasteiger partial charge in [-0.3, -0.25) is 9.59 Å². The number of carboxylic acid groups (broad SMARTS) is 1. The number of carbonyl (C=O) groups is 2. The predicted molar refractivity (Wildman–Crippen MR) is 106 cm³/mol. The minimum atomic E-state index is -0.850. The molecule has 0 bridgehead atoms. The van der Waals surface area contributed by atoms with E-state index in [0.717, 1.165) is 12.8 Å². The van der Waals surface area contributed by atoms with Crippen molar-refractivity contribution in [3.63, 3.8) is 0 Å². The van der Waals surface area contributed by atoms with Gasteiger partial charge < -0.3 is 15.3 Å².